The summed E-state index contributed by atoms with van der Waals surface area (Å²) in [6, 6.07) is 12.8. The second-order valence-corrected chi connectivity index (χ2v) is 6.69. The van der Waals surface area contributed by atoms with Gasteiger partial charge in [0.05, 0.1) is 0 Å². The third kappa shape index (κ3) is 6.72. The zero-order valence-electron chi connectivity index (χ0n) is 13.1. The molecule has 0 saturated heterocycles. The number of sulfonamides is 1. The molecule has 1 amide bonds. The largest absolute Gasteiger partial charge is 0.352 e. The van der Waals surface area contributed by atoms with Crippen molar-refractivity contribution in [1.82, 2.24) is 15.0 Å². The highest BCUT2D eigenvalue weighted by atomic mass is 32.2. The molecule has 0 saturated carbocycles. The van der Waals surface area contributed by atoms with E-state index in [9.17, 15) is 13.2 Å². The van der Waals surface area contributed by atoms with Gasteiger partial charge in [0.25, 0.3) is 0 Å². The van der Waals surface area contributed by atoms with Crippen LogP contribution in [-0.2, 0) is 21.4 Å². The Morgan fingerprint density at radius 1 is 1.12 bits per heavy atom. The molecule has 126 valence electrons. The van der Waals surface area contributed by atoms with E-state index < -0.39 is 10.0 Å². The van der Waals surface area contributed by atoms with Crippen LogP contribution in [0.5, 0.6) is 0 Å². The molecular formula is C17H19N3O3S. The Morgan fingerprint density at radius 3 is 2.62 bits per heavy atom. The van der Waals surface area contributed by atoms with Crippen molar-refractivity contribution < 1.29 is 13.2 Å². The van der Waals surface area contributed by atoms with Crippen molar-refractivity contribution in [3.8, 4) is 0 Å². The molecule has 6 nitrogen and oxygen atoms in total. The summed E-state index contributed by atoms with van der Waals surface area (Å²) < 4.78 is 26.0. The average molecular weight is 345 g/mol. The van der Waals surface area contributed by atoms with E-state index >= 15 is 0 Å². The Bertz CT molecular complexity index is 775. The van der Waals surface area contributed by atoms with E-state index in [1.807, 2.05) is 24.3 Å². The molecule has 0 aliphatic carbocycles. The summed E-state index contributed by atoms with van der Waals surface area (Å²) in [5, 5.41) is 3.80. The molecule has 2 rings (SSSR count). The van der Waals surface area contributed by atoms with Gasteiger partial charge in [0.15, 0.2) is 0 Å². The topological polar surface area (TPSA) is 88.2 Å². The number of aromatic nitrogens is 1. The molecule has 0 aliphatic rings. The van der Waals surface area contributed by atoms with Gasteiger partial charge in [0, 0.05) is 37.3 Å². The summed E-state index contributed by atoms with van der Waals surface area (Å²) in [7, 11) is -3.56. The Balaban J connectivity index is 1.72. The van der Waals surface area contributed by atoms with Crippen molar-refractivity contribution >= 4 is 22.0 Å². The third-order valence-corrected chi connectivity index (χ3v) is 4.21. The van der Waals surface area contributed by atoms with E-state index in [4.69, 9.17) is 0 Å². The minimum Gasteiger partial charge on any atom is -0.352 e. The summed E-state index contributed by atoms with van der Waals surface area (Å²) in [5.41, 5.74) is 1.68. The van der Waals surface area contributed by atoms with Gasteiger partial charge in [0.2, 0.25) is 15.9 Å². The highest BCUT2D eigenvalue weighted by Crippen LogP contribution is 2.02. The van der Waals surface area contributed by atoms with Gasteiger partial charge < -0.3 is 5.32 Å². The number of pyridine rings is 1. The average Bonchev–Trinajstić information content (AvgIpc) is 2.60. The van der Waals surface area contributed by atoms with Crippen LogP contribution in [0.25, 0.3) is 6.08 Å². The first-order valence-corrected chi connectivity index (χ1v) is 8.98. The summed E-state index contributed by atoms with van der Waals surface area (Å²) in [5.74, 6) is -0.228. The quantitative estimate of drug-likeness (QED) is 0.762. The van der Waals surface area contributed by atoms with Crippen LogP contribution in [0.15, 0.2) is 60.3 Å². The molecule has 2 aromatic rings. The van der Waals surface area contributed by atoms with E-state index in [1.165, 1.54) is 6.08 Å². The van der Waals surface area contributed by atoms with Crippen molar-refractivity contribution in [3.05, 3.63) is 71.4 Å². The fourth-order valence-corrected chi connectivity index (χ4v) is 2.70. The number of hydrogen-bond donors (Lipinski definition) is 2. The van der Waals surface area contributed by atoms with Crippen LogP contribution in [0.2, 0.25) is 0 Å². The first-order chi connectivity index (χ1) is 11.6. The van der Waals surface area contributed by atoms with Crippen molar-refractivity contribution in [2.24, 2.45) is 0 Å². The maximum absolute atomic E-state index is 11.8. The molecule has 0 radical (unpaired) electrons. The lowest BCUT2D eigenvalue weighted by Crippen LogP contribution is -2.29. The second-order valence-electron chi connectivity index (χ2n) is 5.04. The molecule has 24 heavy (non-hydrogen) atoms. The molecule has 0 fully saturated rings. The number of carbonyl (C=O) groups excluding carboxylic acids is 1. The standard InChI is InChI=1S/C17H19N3O3S/c21-17(19-14-16-7-4-10-18-13-16)8-11-20-24(22,23)12-9-15-5-2-1-3-6-15/h1-7,9-10,12-13,20H,8,11,14H2,(H,19,21)/b12-9+. The van der Waals surface area contributed by atoms with E-state index in [0.717, 1.165) is 16.5 Å². The van der Waals surface area contributed by atoms with Crippen LogP contribution >= 0.6 is 0 Å². The molecule has 1 heterocycles. The van der Waals surface area contributed by atoms with Gasteiger partial charge in [-0.25, -0.2) is 13.1 Å². The van der Waals surface area contributed by atoms with Crippen molar-refractivity contribution in [3.63, 3.8) is 0 Å². The summed E-state index contributed by atoms with van der Waals surface area (Å²) in [6.45, 7) is 0.410. The lowest BCUT2D eigenvalue weighted by Gasteiger charge is -2.05. The Kier molecular flexibility index (Phi) is 6.65. The van der Waals surface area contributed by atoms with Crippen LogP contribution in [0.4, 0.5) is 0 Å². The van der Waals surface area contributed by atoms with Crippen LogP contribution in [0.1, 0.15) is 17.5 Å². The van der Waals surface area contributed by atoms with E-state index in [2.05, 4.69) is 15.0 Å². The summed E-state index contributed by atoms with van der Waals surface area (Å²) in [6.07, 6.45) is 4.89. The fraction of sp³-hybridized carbons (Fsp3) is 0.176. The van der Waals surface area contributed by atoms with Gasteiger partial charge in [-0.1, -0.05) is 36.4 Å². The summed E-state index contributed by atoms with van der Waals surface area (Å²) >= 11 is 0. The minimum absolute atomic E-state index is 0.0420. The van der Waals surface area contributed by atoms with Crippen LogP contribution in [0, 0.1) is 0 Å². The molecule has 0 unspecified atom stereocenters. The highest BCUT2D eigenvalue weighted by Gasteiger charge is 2.07. The molecular weight excluding hydrogens is 326 g/mol. The van der Waals surface area contributed by atoms with E-state index in [0.29, 0.717) is 6.54 Å². The maximum Gasteiger partial charge on any atom is 0.233 e. The monoisotopic (exact) mass is 345 g/mol. The summed E-state index contributed by atoms with van der Waals surface area (Å²) in [4.78, 5) is 15.6. The molecule has 1 aromatic heterocycles. The van der Waals surface area contributed by atoms with Gasteiger partial charge in [-0.15, -0.1) is 0 Å². The SMILES string of the molecule is O=C(CCNS(=O)(=O)/C=C/c1ccccc1)NCc1cccnc1. The first kappa shape index (κ1) is 17.8. The van der Waals surface area contributed by atoms with Crippen molar-refractivity contribution in [2.45, 2.75) is 13.0 Å². The lowest BCUT2D eigenvalue weighted by molar-refractivity contribution is -0.121. The first-order valence-electron chi connectivity index (χ1n) is 7.43. The van der Waals surface area contributed by atoms with Gasteiger partial charge in [-0.3, -0.25) is 9.78 Å². The van der Waals surface area contributed by atoms with Gasteiger partial charge in [0.1, 0.15) is 0 Å². The molecule has 0 spiro atoms. The van der Waals surface area contributed by atoms with Crippen LogP contribution in [0.3, 0.4) is 0 Å². The number of hydrogen-bond acceptors (Lipinski definition) is 4. The zero-order valence-corrected chi connectivity index (χ0v) is 13.9. The third-order valence-electron chi connectivity index (χ3n) is 3.11. The Hall–Kier alpha value is -2.51. The van der Waals surface area contributed by atoms with Gasteiger partial charge in [-0.2, -0.15) is 0 Å². The second kappa shape index (κ2) is 8.95. The molecule has 0 bridgehead atoms. The normalized spacial score (nSPS) is 11.5. The number of nitrogens with zero attached hydrogens (tertiary/aromatic N) is 1. The van der Waals surface area contributed by atoms with Crippen LogP contribution in [-0.4, -0.2) is 25.9 Å². The molecule has 0 atom stereocenters. The number of benzene rings is 1. The zero-order chi connectivity index (χ0) is 17.3. The number of carbonyl (C=O) groups is 1. The van der Waals surface area contributed by atoms with Gasteiger partial charge >= 0.3 is 0 Å². The Labute approximate surface area is 141 Å². The molecule has 1 aromatic carbocycles. The number of rotatable bonds is 8. The fourth-order valence-electron chi connectivity index (χ4n) is 1.88. The predicted octanol–water partition coefficient (Wildman–Crippen LogP) is 1.68. The maximum atomic E-state index is 11.8. The molecule has 7 heteroatoms. The lowest BCUT2D eigenvalue weighted by atomic mass is 10.2. The highest BCUT2D eigenvalue weighted by molar-refractivity contribution is 7.92. The van der Waals surface area contributed by atoms with Gasteiger partial charge in [-0.05, 0) is 23.3 Å². The minimum atomic E-state index is -3.56. The van der Waals surface area contributed by atoms with E-state index in [-0.39, 0.29) is 18.9 Å². The number of nitrogens with one attached hydrogen (secondary N) is 2. The predicted molar refractivity (Wildman–Crippen MR) is 93.1 cm³/mol. The number of amides is 1. The smallest absolute Gasteiger partial charge is 0.233 e. The molecule has 0 aliphatic heterocycles. The van der Waals surface area contributed by atoms with Crippen molar-refractivity contribution in [1.29, 1.82) is 0 Å². The van der Waals surface area contributed by atoms with E-state index in [1.54, 1.807) is 30.6 Å². The van der Waals surface area contributed by atoms with Crippen LogP contribution < -0.4 is 10.0 Å². The molecule has 2 N–H and O–H groups in total. The Morgan fingerprint density at radius 2 is 1.92 bits per heavy atom. The van der Waals surface area contributed by atoms with Crippen molar-refractivity contribution in [2.75, 3.05) is 6.54 Å².